The van der Waals surface area contributed by atoms with Crippen LogP contribution in [0.1, 0.15) is 31.7 Å². The van der Waals surface area contributed by atoms with E-state index in [9.17, 15) is 9.59 Å². The molecule has 0 aliphatic heterocycles. The third-order valence-electron chi connectivity index (χ3n) is 2.63. The van der Waals surface area contributed by atoms with Crippen molar-refractivity contribution in [1.82, 2.24) is 5.32 Å². The Morgan fingerprint density at radius 1 is 1.37 bits per heavy atom. The molecule has 1 unspecified atom stereocenters. The molecule has 0 aliphatic rings. The summed E-state index contributed by atoms with van der Waals surface area (Å²) in [6.45, 7) is 1.91. The second kappa shape index (κ2) is 7.79. The molecular weight excluding hydrogens is 266 g/mol. The van der Waals surface area contributed by atoms with Crippen molar-refractivity contribution in [3.8, 4) is 0 Å². The maximum absolute atomic E-state index is 11.6. The van der Waals surface area contributed by atoms with E-state index in [1.54, 1.807) is 6.07 Å². The van der Waals surface area contributed by atoms with Gasteiger partial charge in [0.25, 0.3) is 0 Å². The largest absolute Gasteiger partial charge is 0.481 e. The van der Waals surface area contributed by atoms with Gasteiger partial charge in [-0.15, -0.1) is 0 Å². The number of aliphatic carboxylic acids is 1. The van der Waals surface area contributed by atoms with E-state index >= 15 is 0 Å². The molecule has 0 spiro atoms. The van der Waals surface area contributed by atoms with Gasteiger partial charge in [-0.25, -0.2) is 0 Å². The van der Waals surface area contributed by atoms with Gasteiger partial charge in [0.15, 0.2) is 0 Å². The maximum atomic E-state index is 11.6. The van der Waals surface area contributed by atoms with Crippen molar-refractivity contribution in [3.05, 3.63) is 34.9 Å². The lowest BCUT2D eigenvalue weighted by Crippen LogP contribution is -2.33. The van der Waals surface area contributed by atoms with Gasteiger partial charge in [-0.3, -0.25) is 9.59 Å². The molecule has 0 radical (unpaired) electrons. The van der Waals surface area contributed by atoms with Crippen LogP contribution in [0.4, 0.5) is 0 Å². The summed E-state index contributed by atoms with van der Waals surface area (Å²) in [6.07, 6.45) is 1.33. The summed E-state index contributed by atoms with van der Waals surface area (Å²) >= 11 is 5.89. The highest BCUT2D eigenvalue weighted by atomic mass is 35.5. The highest BCUT2D eigenvalue weighted by Gasteiger charge is 2.09. The highest BCUT2D eigenvalue weighted by Crippen LogP contribution is 2.12. The van der Waals surface area contributed by atoms with Crippen molar-refractivity contribution in [1.29, 1.82) is 0 Å². The first kappa shape index (κ1) is 15.5. The fraction of sp³-hybridized carbons (Fsp3) is 0.429. The van der Waals surface area contributed by atoms with Gasteiger partial charge >= 0.3 is 5.97 Å². The molecule has 4 nitrogen and oxygen atoms in total. The summed E-state index contributed by atoms with van der Waals surface area (Å²) in [4.78, 5) is 21.9. The van der Waals surface area contributed by atoms with Crippen LogP contribution in [0.25, 0.3) is 0 Å². The van der Waals surface area contributed by atoms with E-state index in [0.717, 1.165) is 5.56 Å². The predicted molar refractivity (Wildman–Crippen MR) is 74.2 cm³/mol. The molecule has 0 saturated carbocycles. The number of carboxylic acid groups (broad SMARTS) is 1. The fourth-order valence-corrected chi connectivity index (χ4v) is 2.03. The van der Waals surface area contributed by atoms with Gasteiger partial charge in [-0.05, 0) is 37.5 Å². The van der Waals surface area contributed by atoms with Crippen LogP contribution in [0.15, 0.2) is 24.3 Å². The number of hydrogen-bond acceptors (Lipinski definition) is 2. The van der Waals surface area contributed by atoms with E-state index in [0.29, 0.717) is 17.9 Å². The number of amides is 1. The van der Waals surface area contributed by atoms with Crippen LogP contribution < -0.4 is 5.32 Å². The molecule has 0 aromatic heterocycles. The van der Waals surface area contributed by atoms with Crippen LogP contribution in [-0.2, 0) is 16.0 Å². The Labute approximate surface area is 117 Å². The summed E-state index contributed by atoms with van der Waals surface area (Å²) in [5.41, 5.74) is 1.06. The van der Waals surface area contributed by atoms with Crippen LogP contribution >= 0.6 is 11.6 Å². The average Bonchev–Trinajstić information content (AvgIpc) is 2.27. The van der Waals surface area contributed by atoms with Crippen LogP contribution in [0.3, 0.4) is 0 Å². The molecule has 2 N–H and O–H groups in total. The number of carboxylic acids is 1. The van der Waals surface area contributed by atoms with Crippen molar-refractivity contribution < 1.29 is 14.7 Å². The summed E-state index contributed by atoms with van der Waals surface area (Å²) in [5.74, 6) is -0.990. The summed E-state index contributed by atoms with van der Waals surface area (Å²) in [5, 5.41) is 12.0. The molecule has 0 bridgehead atoms. The molecule has 0 fully saturated rings. The first-order valence-electron chi connectivity index (χ1n) is 6.23. The smallest absolute Gasteiger partial charge is 0.303 e. The van der Waals surface area contributed by atoms with Gasteiger partial charge in [-0.2, -0.15) is 0 Å². The molecular formula is C14H18ClNO3. The van der Waals surface area contributed by atoms with E-state index in [1.165, 1.54) is 0 Å². The zero-order valence-corrected chi connectivity index (χ0v) is 11.6. The first-order chi connectivity index (χ1) is 8.97. The van der Waals surface area contributed by atoms with Gasteiger partial charge in [0.05, 0.1) is 0 Å². The molecule has 1 atom stereocenters. The lowest BCUT2D eigenvalue weighted by atomic mass is 10.1. The van der Waals surface area contributed by atoms with E-state index in [1.807, 2.05) is 25.1 Å². The van der Waals surface area contributed by atoms with Crippen molar-refractivity contribution in [2.45, 2.75) is 38.6 Å². The van der Waals surface area contributed by atoms with Gasteiger partial charge in [-0.1, -0.05) is 23.7 Å². The Bertz CT molecular complexity index is 448. The van der Waals surface area contributed by atoms with Gasteiger partial charge in [0.2, 0.25) is 5.91 Å². The molecule has 0 aliphatic carbocycles. The topological polar surface area (TPSA) is 66.4 Å². The van der Waals surface area contributed by atoms with E-state index in [2.05, 4.69) is 5.32 Å². The molecule has 1 amide bonds. The SMILES string of the molecule is CC(Cc1cccc(Cl)c1)NC(=O)CCCC(=O)O. The third kappa shape index (κ3) is 6.82. The van der Waals surface area contributed by atoms with Crippen LogP contribution in [0.2, 0.25) is 5.02 Å². The normalized spacial score (nSPS) is 11.9. The predicted octanol–water partition coefficient (Wildman–Crippen LogP) is 2.64. The van der Waals surface area contributed by atoms with Crippen molar-refractivity contribution in [2.75, 3.05) is 0 Å². The van der Waals surface area contributed by atoms with Gasteiger partial charge in [0.1, 0.15) is 0 Å². The number of halogens is 1. The number of rotatable bonds is 7. The van der Waals surface area contributed by atoms with Crippen LogP contribution in [0, 0.1) is 0 Å². The second-order valence-corrected chi connectivity index (χ2v) is 4.99. The third-order valence-corrected chi connectivity index (χ3v) is 2.87. The molecule has 1 aromatic rings. The van der Waals surface area contributed by atoms with Gasteiger partial charge in [0, 0.05) is 23.9 Å². The molecule has 0 saturated heterocycles. The zero-order valence-electron chi connectivity index (χ0n) is 10.9. The number of nitrogens with one attached hydrogen (secondary N) is 1. The van der Waals surface area contributed by atoms with Crippen molar-refractivity contribution in [3.63, 3.8) is 0 Å². The molecule has 0 heterocycles. The minimum atomic E-state index is -0.875. The maximum Gasteiger partial charge on any atom is 0.303 e. The minimum absolute atomic E-state index is 0.00389. The highest BCUT2D eigenvalue weighted by molar-refractivity contribution is 6.30. The van der Waals surface area contributed by atoms with Crippen molar-refractivity contribution >= 4 is 23.5 Å². The standard InChI is InChI=1S/C14H18ClNO3/c1-10(8-11-4-2-5-12(15)9-11)16-13(17)6-3-7-14(18)19/h2,4-5,9-10H,3,6-8H2,1H3,(H,16,17)(H,18,19). The first-order valence-corrected chi connectivity index (χ1v) is 6.61. The lowest BCUT2D eigenvalue weighted by Gasteiger charge is -2.14. The Kier molecular flexibility index (Phi) is 6.36. The fourth-order valence-electron chi connectivity index (χ4n) is 1.82. The monoisotopic (exact) mass is 283 g/mol. The summed E-state index contributed by atoms with van der Waals surface area (Å²) in [7, 11) is 0. The van der Waals surface area contributed by atoms with Crippen LogP contribution in [0.5, 0.6) is 0 Å². The Morgan fingerprint density at radius 2 is 2.11 bits per heavy atom. The molecule has 104 valence electrons. The Hall–Kier alpha value is -1.55. The summed E-state index contributed by atoms with van der Waals surface area (Å²) < 4.78 is 0. The number of hydrogen-bond donors (Lipinski definition) is 2. The van der Waals surface area contributed by atoms with Gasteiger partial charge < -0.3 is 10.4 Å². The van der Waals surface area contributed by atoms with E-state index in [4.69, 9.17) is 16.7 Å². The molecule has 1 rings (SSSR count). The molecule has 1 aromatic carbocycles. The number of carbonyl (C=O) groups excluding carboxylic acids is 1. The minimum Gasteiger partial charge on any atom is -0.481 e. The second-order valence-electron chi connectivity index (χ2n) is 4.55. The molecule has 5 heteroatoms. The quantitative estimate of drug-likeness (QED) is 0.808. The lowest BCUT2D eigenvalue weighted by molar-refractivity contribution is -0.137. The van der Waals surface area contributed by atoms with Crippen molar-refractivity contribution in [2.24, 2.45) is 0 Å². The summed E-state index contributed by atoms with van der Waals surface area (Å²) in [6, 6.07) is 7.50. The average molecular weight is 284 g/mol. The zero-order chi connectivity index (χ0) is 14.3. The van der Waals surface area contributed by atoms with Crippen LogP contribution in [-0.4, -0.2) is 23.0 Å². The Morgan fingerprint density at radius 3 is 2.74 bits per heavy atom. The number of carbonyl (C=O) groups is 2. The number of benzene rings is 1. The van der Waals surface area contributed by atoms with E-state index in [-0.39, 0.29) is 24.8 Å². The van der Waals surface area contributed by atoms with E-state index < -0.39 is 5.97 Å². The Balaban J connectivity index is 2.32. The molecule has 19 heavy (non-hydrogen) atoms.